The van der Waals surface area contributed by atoms with Crippen molar-refractivity contribution in [2.45, 2.75) is 24.5 Å². The Morgan fingerprint density at radius 2 is 2.18 bits per heavy atom. The lowest BCUT2D eigenvalue weighted by atomic mass is 10.1. The molecule has 3 nitrogen and oxygen atoms in total. The van der Waals surface area contributed by atoms with Gasteiger partial charge >= 0.3 is 5.97 Å². The van der Waals surface area contributed by atoms with E-state index in [0.29, 0.717) is 10.3 Å². The standard InChI is InChI=1S/C13H17NO2S/c1-13(7-2-8-17-13)9-14-11-5-3-10(4-6-11)12(15)16/h3-6,14H,2,7-9H2,1H3,(H,15,16). The summed E-state index contributed by atoms with van der Waals surface area (Å²) in [4.78, 5) is 10.7. The van der Waals surface area contributed by atoms with E-state index in [-0.39, 0.29) is 0 Å². The Balaban J connectivity index is 1.93. The summed E-state index contributed by atoms with van der Waals surface area (Å²) in [6.07, 6.45) is 2.54. The number of carboxylic acids is 1. The molecule has 0 radical (unpaired) electrons. The minimum absolute atomic E-state index is 0.325. The molecular formula is C13H17NO2S. The summed E-state index contributed by atoms with van der Waals surface area (Å²) in [7, 11) is 0. The summed E-state index contributed by atoms with van der Waals surface area (Å²) in [5.41, 5.74) is 1.32. The third kappa shape index (κ3) is 3.16. The fourth-order valence-corrected chi connectivity index (χ4v) is 3.24. The predicted octanol–water partition coefficient (Wildman–Crippen LogP) is 3.08. The Labute approximate surface area is 106 Å². The van der Waals surface area contributed by atoms with Crippen LogP contribution in [0.3, 0.4) is 0 Å². The van der Waals surface area contributed by atoms with Crippen molar-refractivity contribution in [3.8, 4) is 0 Å². The molecule has 1 saturated heterocycles. The predicted molar refractivity (Wildman–Crippen MR) is 72.0 cm³/mol. The smallest absolute Gasteiger partial charge is 0.335 e. The van der Waals surface area contributed by atoms with Crippen LogP contribution in [-0.4, -0.2) is 28.1 Å². The number of hydrogen-bond acceptors (Lipinski definition) is 3. The maximum atomic E-state index is 10.7. The molecule has 1 unspecified atom stereocenters. The highest BCUT2D eigenvalue weighted by atomic mass is 32.2. The summed E-state index contributed by atoms with van der Waals surface area (Å²) in [6, 6.07) is 6.92. The lowest BCUT2D eigenvalue weighted by Gasteiger charge is -2.23. The summed E-state index contributed by atoms with van der Waals surface area (Å²) in [6.45, 7) is 3.22. The van der Waals surface area contributed by atoms with E-state index in [1.54, 1.807) is 12.1 Å². The second-order valence-electron chi connectivity index (χ2n) is 4.64. The van der Waals surface area contributed by atoms with Crippen molar-refractivity contribution in [3.63, 3.8) is 0 Å². The van der Waals surface area contributed by atoms with Crippen molar-refractivity contribution in [3.05, 3.63) is 29.8 Å². The van der Waals surface area contributed by atoms with Crippen molar-refractivity contribution in [1.82, 2.24) is 0 Å². The highest BCUT2D eigenvalue weighted by molar-refractivity contribution is 8.00. The van der Waals surface area contributed by atoms with Gasteiger partial charge in [-0.1, -0.05) is 0 Å². The Morgan fingerprint density at radius 1 is 1.47 bits per heavy atom. The van der Waals surface area contributed by atoms with Gasteiger partial charge in [-0.05, 0) is 49.8 Å². The fraction of sp³-hybridized carbons (Fsp3) is 0.462. The van der Waals surface area contributed by atoms with E-state index in [1.807, 2.05) is 23.9 Å². The van der Waals surface area contributed by atoms with Gasteiger partial charge < -0.3 is 10.4 Å². The van der Waals surface area contributed by atoms with Gasteiger partial charge in [0.25, 0.3) is 0 Å². The molecule has 0 spiro atoms. The van der Waals surface area contributed by atoms with E-state index in [4.69, 9.17) is 5.11 Å². The second-order valence-corrected chi connectivity index (χ2v) is 6.32. The molecule has 0 aliphatic carbocycles. The number of thioether (sulfide) groups is 1. The molecule has 2 rings (SSSR count). The second kappa shape index (κ2) is 5.00. The quantitative estimate of drug-likeness (QED) is 0.863. The number of nitrogens with one attached hydrogen (secondary N) is 1. The molecule has 0 amide bonds. The van der Waals surface area contributed by atoms with E-state index >= 15 is 0 Å². The van der Waals surface area contributed by atoms with Gasteiger partial charge in [0.15, 0.2) is 0 Å². The van der Waals surface area contributed by atoms with E-state index in [1.165, 1.54) is 18.6 Å². The largest absolute Gasteiger partial charge is 0.478 e. The van der Waals surface area contributed by atoms with Crippen molar-refractivity contribution in [2.75, 3.05) is 17.6 Å². The van der Waals surface area contributed by atoms with E-state index in [0.717, 1.165) is 12.2 Å². The molecule has 1 aliphatic heterocycles. The zero-order valence-corrected chi connectivity index (χ0v) is 10.7. The Kier molecular flexibility index (Phi) is 3.62. The lowest BCUT2D eigenvalue weighted by molar-refractivity contribution is 0.0697. The summed E-state index contributed by atoms with van der Waals surface area (Å²) >= 11 is 2.02. The zero-order valence-electron chi connectivity index (χ0n) is 9.90. The van der Waals surface area contributed by atoms with Crippen LogP contribution in [0.4, 0.5) is 5.69 Å². The number of hydrogen-bond donors (Lipinski definition) is 2. The van der Waals surface area contributed by atoms with Gasteiger partial charge in [0.1, 0.15) is 0 Å². The molecule has 1 aliphatic rings. The number of anilines is 1. The van der Waals surface area contributed by atoms with E-state index < -0.39 is 5.97 Å². The van der Waals surface area contributed by atoms with Gasteiger partial charge in [0, 0.05) is 17.0 Å². The molecule has 1 atom stereocenters. The number of benzene rings is 1. The first-order valence-electron chi connectivity index (χ1n) is 5.80. The fourth-order valence-electron chi connectivity index (χ4n) is 2.00. The summed E-state index contributed by atoms with van der Waals surface area (Å²) in [5, 5.41) is 12.2. The molecule has 0 saturated carbocycles. The first-order valence-corrected chi connectivity index (χ1v) is 6.79. The average Bonchev–Trinajstić information content (AvgIpc) is 2.75. The van der Waals surface area contributed by atoms with Crippen LogP contribution in [0.1, 0.15) is 30.1 Å². The van der Waals surface area contributed by atoms with Gasteiger partial charge in [-0.15, -0.1) is 0 Å². The van der Waals surface area contributed by atoms with Crippen molar-refractivity contribution in [1.29, 1.82) is 0 Å². The summed E-state index contributed by atoms with van der Waals surface area (Å²) in [5.74, 6) is 0.366. The third-order valence-corrected chi connectivity index (χ3v) is 4.64. The van der Waals surface area contributed by atoms with E-state index in [9.17, 15) is 4.79 Å². The topological polar surface area (TPSA) is 49.3 Å². The highest BCUT2D eigenvalue weighted by Gasteiger charge is 2.28. The average molecular weight is 251 g/mol. The van der Waals surface area contributed by atoms with Crippen LogP contribution in [-0.2, 0) is 0 Å². The molecular weight excluding hydrogens is 234 g/mol. The molecule has 0 bridgehead atoms. The van der Waals surface area contributed by atoms with Gasteiger partial charge in [0.05, 0.1) is 5.56 Å². The van der Waals surface area contributed by atoms with Crippen LogP contribution in [0.15, 0.2) is 24.3 Å². The molecule has 0 aromatic heterocycles. The minimum atomic E-state index is -0.880. The van der Waals surface area contributed by atoms with Crippen molar-refractivity contribution < 1.29 is 9.90 Å². The number of aromatic carboxylic acids is 1. The lowest BCUT2D eigenvalue weighted by Crippen LogP contribution is -2.26. The molecule has 1 aromatic carbocycles. The SMILES string of the molecule is CC1(CNc2ccc(C(=O)O)cc2)CCCS1. The molecule has 1 heterocycles. The number of carbonyl (C=O) groups is 1. The highest BCUT2D eigenvalue weighted by Crippen LogP contribution is 2.37. The van der Waals surface area contributed by atoms with Crippen LogP contribution < -0.4 is 5.32 Å². The summed E-state index contributed by atoms with van der Waals surface area (Å²) < 4.78 is 0.325. The van der Waals surface area contributed by atoms with Crippen LogP contribution in [0.25, 0.3) is 0 Å². The van der Waals surface area contributed by atoms with Gasteiger partial charge in [-0.25, -0.2) is 4.79 Å². The molecule has 4 heteroatoms. The number of rotatable bonds is 4. The van der Waals surface area contributed by atoms with Crippen LogP contribution in [0.2, 0.25) is 0 Å². The molecule has 17 heavy (non-hydrogen) atoms. The molecule has 1 aromatic rings. The van der Waals surface area contributed by atoms with Gasteiger partial charge in [0.2, 0.25) is 0 Å². The van der Waals surface area contributed by atoms with Crippen molar-refractivity contribution >= 4 is 23.4 Å². The minimum Gasteiger partial charge on any atom is -0.478 e. The number of carboxylic acid groups (broad SMARTS) is 1. The monoisotopic (exact) mass is 251 g/mol. The van der Waals surface area contributed by atoms with Crippen molar-refractivity contribution in [2.24, 2.45) is 0 Å². The Morgan fingerprint density at radius 3 is 2.71 bits per heavy atom. The Hall–Kier alpha value is -1.16. The zero-order chi connectivity index (χ0) is 12.3. The van der Waals surface area contributed by atoms with Crippen LogP contribution >= 0.6 is 11.8 Å². The molecule has 2 N–H and O–H groups in total. The van der Waals surface area contributed by atoms with Crippen LogP contribution in [0.5, 0.6) is 0 Å². The molecule has 1 fully saturated rings. The van der Waals surface area contributed by atoms with Gasteiger partial charge in [-0.3, -0.25) is 0 Å². The maximum absolute atomic E-state index is 10.7. The first kappa shape index (κ1) is 12.3. The van der Waals surface area contributed by atoms with Crippen LogP contribution in [0, 0.1) is 0 Å². The Bertz CT molecular complexity index is 396. The first-order chi connectivity index (χ1) is 8.09. The molecule has 92 valence electrons. The van der Waals surface area contributed by atoms with E-state index in [2.05, 4.69) is 12.2 Å². The third-order valence-electron chi connectivity index (χ3n) is 3.10. The normalized spacial score (nSPS) is 23.6. The van der Waals surface area contributed by atoms with Gasteiger partial charge in [-0.2, -0.15) is 11.8 Å². The maximum Gasteiger partial charge on any atom is 0.335 e.